The van der Waals surface area contributed by atoms with E-state index in [1.807, 2.05) is 0 Å². The Labute approximate surface area is 201 Å². The molecule has 0 aromatic rings. The fraction of sp³-hybridized carbons (Fsp3) is 0.840. The van der Waals surface area contributed by atoms with Gasteiger partial charge in [0.2, 0.25) is 0 Å². The lowest BCUT2D eigenvalue weighted by Crippen LogP contribution is -2.56. The molecule has 0 aromatic heterocycles. The zero-order valence-electron chi connectivity index (χ0n) is 20.9. The quantitative estimate of drug-likeness (QED) is 0.443. The molecule has 5 fully saturated rings. The highest BCUT2D eigenvalue weighted by Crippen LogP contribution is 2.60. The molecule has 0 aromatic carbocycles. The maximum atomic E-state index is 13.0. The van der Waals surface area contributed by atoms with Gasteiger partial charge in [0.25, 0.3) is 0 Å². The van der Waals surface area contributed by atoms with Crippen LogP contribution in [-0.2, 0) is 23.7 Å². The van der Waals surface area contributed by atoms with Crippen LogP contribution in [0.4, 0.5) is 9.59 Å². The summed E-state index contributed by atoms with van der Waals surface area (Å²) in [5.41, 5.74) is 0.701. The molecule has 2 unspecified atom stereocenters. The summed E-state index contributed by atoms with van der Waals surface area (Å²) in [5.74, 6) is 1.12. The maximum absolute atomic E-state index is 13.0. The highest BCUT2D eigenvalue weighted by atomic mass is 16.6. The molecule has 3 saturated heterocycles. The van der Waals surface area contributed by atoms with E-state index >= 15 is 0 Å². The molecular formula is C25H38N2O7. The molecule has 2 saturated carbocycles. The van der Waals surface area contributed by atoms with Crippen LogP contribution in [0, 0.1) is 23.7 Å². The second-order valence-electron chi connectivity index (χ2n) is 11.0. The van der Waals surface area contributed by atoms with E-state index in [-0.39, 0.29) is 41.5 Å². The number of ether oxygens (including phenoxy) is 5. The molecule has 2 aliphatic carbocycles. The van der Waals surface area contributed by atoms with Crippen LogP contribution < -0.4 is 5.32 Å². The van der Waals surface area contributed by atoms with Crippen molar-refractivity contribution in [3.8, 4) is 0 Å². The molecule has 5 aliphatic rings. The number of hydrogen-bond donors (Lipinski definition) is 1. The Morgan fingerprint density at radius 1 is 1.24 bits per heavy atom. The van der Waals surface area contributed by atoms with Crippen molar-refractivity contribution in [3.63, 3.8) is 0 Å². The van der Waals surface area contributed by atoms with Crippen LogP contribution in [0.1, 0.15) is 40.0 Å². The number of alkyl carbamates (subject to hydrolysis) is 1. The summed E-state index contributed by atoms with van der Waals surface area (Å²) >= 11 is 0. The van der Waals surface area contributed by atoms with E-state index in [9.17, 15) is 9.59 Å². The number of nitrogens with one attached hydrogen (secondary N) is 1. The molecule has 9 heteroatoms. The number of amides is 2. The van der Waals surface area contributed by atoms with Crippen LogP contribution >= 0.6 is 0 Å². The molecule has 34 heavy (non-hydrogen) atoms. The summed E-state index contributed by atoms with van der Waals surface area (Å²) in [6, 6.07) is 0. The fourth-order valence-corrected chi connectivity index (χ4v) is 6.56. The predicted octanol–water partition coefficient (Wildman–Crippen LogP) is 2.73. The lowest BCUT2D eigenvalue weighted by molar-refractivity contribution is -0.121. The number of rotatable bonds is 7. The van der Waals surface area contributed by atoms with Gasteiger partial charge in [0, 0.05) is 33.2 Å². The number of methoxy groups -OCH3 is 1. The number of piperidine rings is 1. The minimum absolute atomic E-state index is 0.0188. The van der Waals surface area contributed by atoms with Crippen LogP contribution in [0.2, 0.25) is 0 Å². The third kappa shape index (κ3) is 4.20. The van der Waals surface area contributed by atoms with Crippen molar-refractivity contribution in [2.45, 2.75) is 69.5 Å². The zero-order chi connectivity index (χ0) is 24.3. The molecule has 3 heterocycles. The molecule has 9 nitrogen and oxygen atoms in total. The maximum Gasteiger partial charge on any atom is 0.410 e. The highest BCUT2D eigenvalue weighted by Gasteiger charge is 2.72. The van der Waals surface area contributed by atoms with E-state index in [1.165, 1.54) is 5.57 Å². The zero-order valence-corrected chi connectivity index (χ0v) is 20.9. The molecule has 0 bridgehead atoms. The Balaban J connectivity index is 1.18. The monoisotopic (exact) mass is 478 g/mol. The molecule has 1 N–H and O–H groups in total. The van der Waals surface area contributed by atoms with Crippen molar-refractivity contribution in [2.24, 2.45) is 23.7 Å². The SMILES string of the molecule is CNC(=O)OCC1[C@H]2CN(C(=O)O[C@@H]3CC[C@]4(CO4)C([C@@]4(C)O[C@@H]4CC=C(C)C)[C@@H]3OC)C[C@@H]12. The number of epoxide rings is 2. The van der Waals surface area contributed by atoms with E-state index in [1.54, 1.807) is 19.1 Å². The van der Waals surface area contributed by atoms with Gasteiger partial charge < -0.3 is 33.9 Å². The topological polar surface area (TPSA) is 102 Å². The minimum atomic E-state index is -0.410. The van der Waals surface area contributed by atoms with Gasteiger partial charge in [0.15, 0.2) is 0 Å². The van der Waals surface area contributed by atoms with Crippen LogP contribution in [0.5, 0.6) is 0 Å². The summed E-state index contributed by atoms with van der Waals surface area (Å²) in [7, 11) is 3.24. The average molecular weight is 479 g/mol. The Kier molecular flexibility index (Phi) is 6.09. The van der Waals surface area contributed by atoms with Gasteiger partial charge in [0.1, 0.15) is 23.4 Å². The van der Waals surface area contributed by atoms with Gasteiger partial charge in [-0.05, 0) is 51.9 Å². The number of carbonyl (C=O) groups excluding carboxylic acids is 2. The van der Waals surface area contributed by atoms with E-state index < -0.39 is 6.09 Å². The standard InChI is InChI=1S/C25H38N2O7/c1-14(2)6-7-19-24(3,34-19)21-20(30-5)18(8-9-25(21)13-32-25)33-23(29)27-10-15-16(11-27)17(15)12-31-22(28)26-4/h6,15-21H,7-13H2,1-5H3,(H,26,28)/t15-,16+,17?,18-,19-,20-,21?,24+,25+/m1/s1. The van der Waals surface area contributed by atoms with Gasteiger partial charge >= 0.3 is 12.2 Å². The van der Waals surface area contributed by atoms with Crippen molar-refractivity contribution in [3.05, 3.63) is 11.6 Å². The molecule has 2 amide bonds. The average Bonchev–Trinajstić information content (AvgIpc) is 3.77. The third-order valence-corrected chi connectivity index (χ3v) is 8.73. The van der Waals surface area contributed by atoms with Crippen molar-refractivity contribution < 1.29 is 33.3 Å². The highest BCUT2D eigenvalue weighted by molar-refractivity contribution is 5.69. The van der Waals surface area contributed by atoms with Gasteiger partial charge in [-0.3, -0.25) is 0 Å². The number of hydrogen-bond acceptors (Lipinski definition) is 7. The van der Waals surface area contributed by atoms with Gasteiger partial charge in [-0.15, -0.1) is 0 Å². The number of allylic oxidation sites excluding steroid dienone is 1. The van der Waals surface area contributed by atoms with Crippen LogP contribution in [0.3, 0.4) is 0 Å². The first-order valence-corrected chi connectivity index (χ1v) is 12.5. The van der Waals surface area contributed by atoms with Crippen molar-refractivity contribution in [1.82, 2.24) is 10.2 Å². The minimum Gasteiger partial charge on any atom is -0.449 e. The summed E-state index contributed by atoms with van der Waals surface area (Å²) < 4.78 is 29.4. The summed E-state index contributed by atoms with van der Waals surface area (Å²) in [6.45, 7) is 8.76. The van der Waals surface area contributed by atoms with Crippen LogP contribution in [0.25, 0.3) is 0 Å². The number of likely N-dealkylation sites (tertiary alicyclic amines) is 1. The van der Waals surface area contributed by atoms with E-state index in [0.717, 1.165) is 19.3 Å². The lowest BCUT2D eigenvalue weighted by atomic mass is 9.68. The van der Waals surface area contributed by atoms with Gasteiger partial charge in [-0.1, -0.05) is 11.6 Å². The van der Waals surface area contributed by atoms with Gasteiger partial charge in [0.05, 0.1) is 25.2 Å². The first kappa shape index (κ1) is 23.9. The Morgan fingerprint density at radius 3 is 2.53 bits per heavy atom. The largest absolute Gasteiger partial charge is 0.449 e. The van der Waals surface area contributed by atoms with Gasteiger partial charge in [-0.2, -0.15) is 0 Å². The molecule has 3 aliphatic heterocycles. The summed E-state index contributed by atoms with van der Waals surface area (Å²) in [6.07, 6.45) is 3.48. The summed E-state index contributed by atoms with van der Waals surface area (Å²) in [5, 5.41) is 2.46. The first-order chi connectivity index (χ1) is 16.2. The molecule has 190 valence electrons. The third-order valence-electron chi connectivity index (χ3n) is 8.73. The predicted molar refractivity (Wildman–Crippen MR) is 122 cm³/mol. The smallest absolute Gasteiger partial charge is 0.410 e. The Hall–Kier alpha value is -1.84. The van der Waals surface area contributed by atoms with Crippen LogP contribution in [-0.4, -0.2) is 87.1 Å². The van der Waals surface area contributed by atoms with Crippen molar-refractivity contribution in [2.75, 3.05) is 40.5 Å². The second-order valence-corrected chi connectivity index (χ2v) is 11.0. The Bertz CT molecular complexity index is 842. The van der Waals surface area contributed by atoms with E-state index in [0.29, 0.717) is 44.1 Å². The van der Waals surface area contributed by atoms with Crippen LogP contribution in [0.15, 0.2) is 11.6 Å². The molecule has 9 atom stereocenters. The summed E-state index contributed by atoms with van der Waals surface area (Å²) in [4.78, 5) is 26.1. The first-order valence-electron chi connectivity index (χ1n) is 12.5. The number of carbonyl (C=O) groups is 2. The fourth-order valence-electron chi connectivity index (χ4n) is 6.56. The molecule has 0 radical (unpaired) electrons. The Morgan fingerprint density at radius 2 is 1.94 bits per heavy atom. The van der Waals surface area contributed by atoms with Crippen molar-refractivity contribution >= 4 is 12.2 Å². The molecular weight excluding hydrogens is 440 g/mol. The molecule has 1 spiro atoms. The lowest BCUT2D eigenvalue weighted by Gasteiger charge is -2.43. The van der Waals surface area contributed by atoms with E-state index in [4.69, 9.17) is 23.7 Å². The normalized spacial score (nSPS) is 43.7. The van der Waals surface area contributed by atoms with E-state index in [2.05, 4.69) is 32.2 Å². The molecule has 5 rings (SSSR count). The van der Waals surface area contributed by atoms with Gasteiger partial charge in [-0.25, -0.2) is 9.59 Å². The second kappa shape index (κ2) is 8.68. The number of nitrogens with zero attached hydrogens (tertiary/aromatic N) is 1. The van der Waals surface area contributed by atoms with Crippen molar-refractivity contribution in [1.29, 1.82) is 0 Å². The number of fused-ring (bicyclic) bond motifs is 1.